The van der Waals surface area contributed by atoms with Gasteiger partial charge < -0.3 is 9.88 Å². The minimum atomic E-state index is -3.74. The van der Waals surface area contributed by atoms with Crippen LogP contribution in [0, 0.1) is 5.92 Å². The lowest BCUT2D eigenvalue weighted by molar-refractivity contribution is -0.138. The Bertz CT molecular complexity index is 1360. The van der Waals surface area contributed by atoms with E-state index in [1.54, 1.807) is 18.2 Å². The van der Waals surface area contributed by atoms with Gasteiger partial charge in [0.25, 0.3) is 0 Å². The first-order valence-electron chi connectivity index (χ1n) is 12.1. The van der Waals surface area contributed by atoms with Crippen molar-refractivity contribution >= 4 is 26.8 Å². The SMILES string of the molecule is O=C(C1CCCN(S(=O)(=O)c2ccc3[nH]c(=O)ccc3c2)C1)N1CCN(Cc2ccccc2)CC1. The average molecular weight is 495 g/mol. The van der Waals surface area contributed by atoms with Crippen molar-refractivity contribution in [2.75, 3.05) is 39.3 Å². The lowest BCUT2D eigenvalue weighted by Crippen LogP contribution is -2.52. The van der Waals surface area contributed by atoms with Gasteiger partial charge in [0.05, 0.1) is 10.8 Å². The number of amides is 1. The van der Waals surface area contributed by atoms with E-state index in [1.165, 1.54) is 22.0 Å². The second-order valence-electron chi connectivity index (χ2n) is 9.36. The first kappa shape index (κ1) is 23.7. The summed E-state index contributed by atoms with van der Waals surface area (Å²) in [7, 11) is -3.74. The summed E-state index contributed by atoms with van der Waals surface area (Å²) in [4.78, 5) is 31.9. The van der Waals surface area contributed by atoms with Crippen LogP contribution in [-0.4, -0.2) is 72.7 Å². The van der Waals surface area contributed by atoms with Gasteiger partial charge in [-0.15, -0.1) is 0 Å². The zero-order chi connectivity index (χ0) is 24.4. The minimum Gasteiger partial charge on any atom is -0.340 e. The zero-order valence-corrected chi connectivity index (χ0v) is 20.4. The number of nitrogens with zero attached hydrogens (tertiary/aromatic N) is 3. The number of piperazine rings is 1. The summed E-state index contributed by atoms with van der Waals surface area (Å²) >= 11 is 0. The Morgan fingerprint density at radius 1 is 0.943 bits per heavy atom. The number of sulfonamides is 1. The Labute approximate surface area is 205 Å². The van der Waals surface area contributed by atoms with Crippen molar-refractivity contribution in [2.45, 2.75) is 24.3 Å². The van der Waals surface area contributed by atoms with Crippen molar-refractivity contribution < 1.29 is 13.2 Å². The third-order valence-electron chi connectivity index (χ3n) is 7.00. The molecule has 2 aliphatic heterocycles. The predicted octanol–water partition coefficient (Wildman–Crippen LogP) is 2.27. The molecule has 9 heteroatoms. The van der Waals surface area contributed by atoms with Gasteiger partial charge in [-0.2, -0.15) is 4.31 Å². The molecule has 184 valence electrons. The smallest absolute Gasteiger partial charge is 0.248 e. The van der Waals surface area contributed by atoms with Crippen LogP contribution in [0.4, 0.5) is 0 Å². The Hall–Kier alpha value is -3.01. The number of benzene rings is 2. The number of piperidine rings is 1. The molecule has 3 aromatic rings. The summed E-state index contributed by atoms with van der Waals surface area (Å²) in [5.74, 6) is -0.267. The van der Waals surface area contributed by atoms with Crippen LogP contribution in [0.1, 0.15) is 18.4 Å². The molecule has 1 aromatic heterocycles. The molecule has 8 nitrogen and oxygen atoms in total. The summed E-state index contributed by atoms with van der Waals surface area (Å²) in [5.41, 5.74) is 1.63. The fraction of sp³-hybridized carbons (Fsp3) is 0.385. The summed E-state index contributed by atoms with van der Waals surface area (Å²) in [5, 5.41) is 0.656. The van der Waals surface area contributed by atoms with Crippen LogP contribution in [0.2, 0.25) is 0 Å². The second-order valence-corrected chi connectivity index (χ2v) is 11.3. The topological polar surface area (TPSA) is 93.8 Å². The fourth-order valence-electron chi connectivity index (χ4n) is 5.03. The number of H-pyrrole nitrogens is 1. The highest BCUT2D eigenvalue weighted by Crippen LogP contribution is 2.27. The number of hydrogen-bond acceptors (Lipinski definition) is 5. The van der Waals surface area contributed by atoms with Gasteiger partial charge >= 0.3 is 0 Å². The average Bonchev–Trinajstić information content (AvgIpc) is 2.89. The Kier molecular flexibility index (Phi) is 6.73. The summed E-state index contributed by atoms with van der Waals surface area (Å²) < 4.78 is 28.2. The van der Waals surface area contributed by atoms with Crippen molar-refractivity contribution in [3.05, 3.63) is 76.6 Å². The van der Waals surface area contributed by atoms with Crippen LogP contribution in [0.3, 0.4) is 0 Å². The van der Waals surface area contributed by atoms with Gasteiger partial charge in [0.1, 0.15) is 0 Å². The summed E-state index contributed by atoms with van der Waals surface area (Å²) in [6.45, 7) is 4.44. The van der Waals surface area contributed by atoms with Crippen LogP contribution in [0.25, 0.3) is 10.9 Å². The van der Waals surface area contributed by atoms with Crippen LogP contribution in [-0.2, 0) is 21.4 Å². The van der Waals surface area contributed by atoms with Gasteiger partial charge in [0.2, 0.25) is 21.5 Å². The number of rotatable bonds is 5. The van der Waals surface area contributed by atoms with E-state index in [9.17, 15) is 18.0 Å². The summed E-state index contributed by atoms with van der Waals surface area (Å²) in [6.07, 6.45) is 1.36. The van der Waals surface area contributed by atoms with Crippen LogP contribution in [0.15, 0.2) is 70.4 Å². The number of carbonyl (C=O) groups is 1. The van der Waals surface area contributed by atoms with Gasteiger partial charge in [-0.05, 0) is 48.1 Å². The monoisotopic (exact) mass is 494 g/mol. The molecule has 2 fully saturated rings. The number of pyridine rings is 1. The number of fused-ring (bicyclic) bond motifs is 1. The van der Waals surface area contributed by atoms with E-state index in [-0.39, 0.29) is 28.8 Å². The molecule has 0 saturated carbocycles. The van der Waals surface area contributed by atoms with Crippen molar-refractivity contribution in [2.24, 2.45) is 5.92 Å². The summed E-state index contributed by atoms with van der Waals surface area (Å²) in [6, 6.07) is 18.0. The third kappa shape index (κ3) is 5.17. The van der Waals surface area contributed by atoms with Gasteiger partial charge in [-0.25, -0.2) is 8.42 Å². The molecule has 0 aliphatic carbocycles. The number of hydrogen-bond donors (Lipinski definition) is 1. The number of nitrogens with one attached hydrogen (secondary N) is 1. The van der Waals surface area contributed by atoms with Crippen molar-refractivity contribution in [1.82, 2.24) is 19.1 Å². The standard InChI is InChI=1S/C26H30N4O4S/c31-25-11-8-21-17-23(9-10-24(21)27-25)35(33,34)30-12-4-7-22(19-30)26(32)29-15-13-28(14-16-29)18-20-5-2-1-3-6-20/h1-3,5-6,8-11,17,22H,4,7,12-16,18-19H2,(H,27,31). The normalized spacial score (nSPS) is 20.2. The molecule has 1 N–H and O–H groups in total. The highest BCUT2D eigenvalue weighted by atomic mass is 32.2. The maximum Gasteiger partial charge on any atom is 0.248 e. The molecule has 35 heavy (non-hydrogen) atoms. The van der Waals surface area contributed by atoms with E-state index >= 15 is 0 Å². The molecule has 2 aromatic carbocycles. The zero-order valence-electron chi connectivity index (χ0n) is 19.6. The van der Waals surface area contributed by atoms with Crippen LogP contribution >= 0.6 is 0 Å². The predicted molar refractivity (Wildman–Crippen MR) is 134 cm³/mol. The third-order valence-corrected chi connectivity index (χ3v) is 8.86. The van der Waals surface area contributed by atoms with E-state index in [0.29, 0.717) is 43.4 Å². The second kappa shape index (κ2) is 9.93. The minimum absolute atomic E-state index is 0.0559. The van der Waals surface area contributed by atoms with E-state index in [4.69, 9.17) is 0 Å². The first-order chi connectivity index (χ1) is 16.9. The molecule has 0 bridgehead atoms. The first-order valence-corrected chi connectivity index (χ1v) is 13.5. The van der Waals surface area contributed by atoms with E-state index in [0.717, 1.165) is 19.6 Å². The van der Waals surface area contributed by atoms with Gasteiger partial charge in [-0.1, -0.05) is 30.3 Å². The molecular weight excluding hydrogens is 464 g/mol. The number of carbonyl (C=O) groups excluding carboxylic acids is 1. The van der Waals surface area contributed by atoms with Crippen LogP contribution < -0.4 is 5.56 Å². The highest BCUT2D eigenvalue weighted by Gasteiger charge is 2.36. The highest BCUT2D eigenvalue weighted by molar-refractivity contribution is 7.89. The van der Waals surface area contributed by atoms with Crippen molar-refractivity contribution in [1.29, 1.82) is 0 Å². The van der Waals surface area contributed by atoms with Gasteiger partial charge in [-0.3, -0.25) is 14.5 Å². The van der Waals surface area contributed by atoms with E-state index in [2.05, 4.69) is 22.0 Å². The largest absolute Gasteiger partial charge is 0.340 e. The van der Waals surface area contributed by atoms with Crippen molar-refractivity contribution in [3.8, 4) is 0 Å². The van der Waals surface area contributed by atoms with Gasteiger partial charge in [0.15, 0.2) is 0 Å². The van der Waals surface area contributed by atoms with Gasteiger partial charge in [0, 0.05) is 57.4 Å². The molecule has 1 unspecified atom stereocenters. The molecule has 0 spiro atoms. The Morgan fingerprint density at radius 2 is 1.71 bits per heavy atom. The van der Waals surface area contributed by atoms with Crippen molar-refractivity contribution in [3.63, 3.8) is 0 Å². The Balaban J connectivity index is 1.23. The lowest BCUT2D eigenvalue weighted by Gasteiger charge is -2.38. The Morgan fingerprint density at radius 3 is 2.49 bits per heavy atom. The quantitative estimate of drug-likeness (QED) is 0.587. The lowest BCUT2D eigenvalue weighted by atomic mass is 9.97. The molecule has 1 atom stereocenters. The maximum absolute atomic E-state index is 13.4. The number of aromatic amines is 1. The molecule has 5 rings (SSSR count). The van der Waals surface area contributed by atoms with E-state index in [1.807, 2.05) is 23.1 Å². The molecule has 0 radical (unpaired) electrons. The number of aromatic nitrogens is 1. The van der Waals surface area contributed by atoms with E-state index < -0.39 is 10.0 Å². The molecule has 3 heterocycles. The van der Waals surface area contributed by atoms with Crippen LogP contribution in [0.5, 0.6) is 0 Å². The molecule has 1 amide bonds. The fourth-order valence-corrected chi connectivity index (χ4v) is 6.59. The molecular formula is C26H30N4O4S. The molecule has 2 aliphatic rings. The molecule has 2 saturated heterocycles. The maximum atomic E-state index is 13.4.